The van der Waals surface area contributed by atoms with E-state index in [-0.39, 0.29) is 60.4 Å². The van der Waals surface area contributed by atoms with Crippen LogP contribution in [0.3, 0.4) is 0 Å². The topological polar surface area (TPSA) is 158 Å². The molecule has 0 heterocycles. The first kappa shape index (κ1) is 127. The van der Waals surface area contributed by atoms with E-state index in [1.165, 1.54) is 276 Å². The van der Waals surface area contributed by atoms with Gasteiger partial charge in [-0.05, 0) is 201 Å². The summed E-state index contributed by atoms with van der Waals surface area (Å²) in [4.78, 5) is 72.1. The van der Waals surface area contributed by atoms with Gasteiger partial charge in [0, 0.05) is 44.4 Å². The molecule has 0 bridgehead atoms. The monoisotopic (exact) mass is 1760 g/mol. The van der Waals surface area contributed by atoms with Gasteiger partial charge in [0.25, 0.3) is 0 Å². The van der Waals surface area contributed by atoms with Crippen LogP contribution in [0.15, 0.2) is 48.6 Å². The van der Waals surface area contributed by atoms with Crippen molar-refractivity contribution in [2.24, 2.45) is 33.5 Å². The first-order chi connectivity index (χ1) is 60.0. The van der Waals surface area contributed by atoms with Gasteiger partial charge in [0.05, 0.1) is 39.6 Å². The van der Waals surface area contributed by atoms with Crippen LogP contribution in [-0.2, 0) is 57.2 Å². The molecule has 0 aliphatic rings. The van der Waals surface area contributed by atoms with Crippen molar-refractivity contribution >= 4 is 35.8 Å². The van der Waals surface area contributed by atoms with E-state index < -0.39 is 0 Å². The minimum Gasteiger partial charge on any atom is -0.466 e. The maximum absolute atomic E-state index is 12.3. The molecule has 0 radical (unpaired) electrons. The summed E-state index contributed by atoms with van der Waals surface area (Å²) in [5, 5.41) is 0. The third-order valence-corrected chi connectivity index (χ3v) is 23.1. The van der Waals surface area contributed by atoms with Crippen LogP contribution in [0.2, 0.25) is 0 Å². The average molecular weight is 1760 g/mol. The molecule has 0 amide bonds. The summed E-state index contributed by atoms with van der Waals surface area (Å²) in [6, 6.07) is 0. The third-order valence-electron chi connectivity index (χ3n) is 23.1. The highest BCUT2D eigenvalue weighted by Gasteiger charge is 2.20. The van der Waals surface area contributed by atoms with Crippen molar-refractivity contribution in [1.29, 1.82) is 0 Å². The van der Waals surface area contributed by atoms with Gasteiger partial charge in [-0.2, -0.15) is 0 Å². The lowest BCUT2D eigenvalue weighted by Crippen LogP contribution is -2.21. The molecule has 0 rings (SSSR count). The van der Waals surface area contributed by atoms with Crippen molar-refractivity contribution in [3.63, 3.8) is 0 Å². The fourth-order valence-electron chi connectivity index (χ4n) is 14.8. The molecule has 0 saturated carbocycles. The van der Waals surface area contributed by atoms with Gasteiger partial charge in [0.15, 0.2) is 0 Å². The van der Waals surface area contributed by atoms with Crippen molar-refractivity contribution in [3.05, 3.63) is 48.6 Å². The molecule has 0 unspecified atom stereocenters. The van der Waals surface area contributed by atoms with Crippen LogP contribution in [0.4, 0.5) is 0 Å². The minimum absolute atomic E-state index is 0.000796. The Bertz CT molecular complexity index is 2400. The van der Waals surface area contributed by atoms with Gasteiger partial charge in [-0.1, -0.05) is 404 Å². The molecule has 738 valence electrons. The Balaban J connectivity index is -0.000000784. The maximum Gasteiger partial charge on any atom is 0.306 e. The highest BCUT2D eigenvalue weighted by atomic mass is 16.6. The Morgan fingerprint density at radius 1 is 0.208 bits per heavy atom. The van der Waals surface area contributed by atoms with Crippen LogP contribution in [-0.4, -0.2) is 75.5 Å². The van der Waals surface area contributed by atoms with Gasteiger partial charge in [-0.25, -0.2) is 0 Å². The zero-order valence-corrected chi connectivity index (χ0v) is 86.7. The summed E-state index contributed by atoms with van der Waals surface area (Å²) in [6.07, 6.45) is 95.7. The number of carbonyl (C=O) groups is 6. The Morgan fingerprint density at radius 3 is 0.752 bits per heavy atom. The first-order valence-electron chi connectivity index (χ1n) is 53.5. The van der Waals surface area contributed by atoms with Crippen LogP contribution in [0.1, 0.15) is 568 Å². The van der Waals surface area contributed by atoms with E-state index in [0.717, 1.165) is 116 Å². The van der Waals surface area contributed by atoms with Crippen LogP contribution >= 0.6 is 0 Å². The summed E-state index contributed by atoms with van der Waals surface area (Å²) in [6.45, 7) is 43.3. The lowest BCUT2D eigenvalue weighted by atomic mass is 9.89. The van der Waals surface area contributed by atoms with Crippen molar-refractivity contribution in [2.75, 3.05) is 39.6 Å². The van der Waals surface area contributed by atoms with E-state index in [1.54, 1.807) is 0 Å². The van der Waals surface area contributed by atoms with E-state index in [0.29, 0.717) is 100.0 Å². The Morgan fingerprint density at radius 2 is 0.424 bits per heavy atom. The molecule has 0 aliphatic carbocycles. The molecule has 0 spiro atoms. The second-order valence-electron chi connectivity index (χ2n) is 41.6. The number of hydrogen-bond donors (Lipinski definition) is 0. The van der Waals surface area contributed by atoms with Crippen LogP contribution in [0.25, 0.3) is 0 Å². The molecular formula is C113H214O12. The molecule has 0 N–H and O–H groups in total. The number of carbonyl (C=O) groups excluding carboxylic acids is 6. The Labute approximate surface area is 778 Å². The van der Waals surface area contributed by atoms with Gasteiger partial charge >= 0.3 is 35.8 Å². The number of esters is 6. The highest BCUT2D eigenvalue weighted by Crippen LogP contribution is 2.28. The molecule has 12 heteroatoms. The van der Waals surface area contributed by atoms with Gasteiger partial charge in [-0.3, -0.25) is 28.8 Å². The molecular weight excluding hydrogens is 1550 g/mol. The summed E-state index contributed by atoms with van der Waals surface area (Å²) in [7, 11) is 0. The molecule has 0 aromatic heterocycles. The molecule has 0 aliphatic heterocycles. The third kappa shape index (κ3) is 118. The van der Waals surface area contributed by atoms with Crippen molar-refractivity contribution in [2.45, 2.75) is 568 Å². The van der Waals surface area contributed by atoms with Gasteiger partial charge in [-0.15, -0.1) is 0 Å². The number of unbranched alkanes of at least 4 members (excludes halogenated alkanes) is 41. The second kappa shape index (κ2) is 95.9. The number of rotatable bonds is 83. The molecule has 0 aromatic rings. The largest absolute Gasteiger partial charge is 0.466 e. The maximum atomic E-state index is 12.3. The molecule has 0 saturated heterocycles. The molecule has 0 atom stereocenters. The number of allylic oxidation sites excluding steroid dienone is 8. The Kier molecular flexibility index (Phi) is 97.4. The normalized spacial score (nSPS) is 12.0. The molecule has 125 heavy (non-hydrogen) atoms. The van der Waals surface area contributed by atoms with E-state index in [2.05, 4.69) is 173 Å². The molecule has 0 fully saturated rings. The zero-order chi connectivity index (χ0) is 93.6. The average Bonchev–Trinajstić information content (AvgIpc) is 0.955. The lowest BCUT2D eigenvalue weighted by molar-refractivity contribution is -0.150. The zero-order valence-electron chi connectivity index (χ0n) is 86.7. The van der Waals surface area contributed by atoms with E-state index >= 15 is 0 Å². The SMILES string of the molecule is CCCCC/C=C\C/C=C\CCCCCCCC(=O)OCCCCC(C)(C)C.CCCCC/C=C\C/C=C\CCCCCCCC(=O)OCCCCCCCCC(C)(C)C.CCCCCCC(CCCCCC)CC(=O)OCCCCCCCCC(C)(C)C.CCCCCCCC(=O)OCC(CCCC(=O)OCCCC(C)(C)C)COC(=O)CCCCCCC. The summed E-state index contributed by atoms with van der Waals surface area (Å²) >= 11 is 0. The van der Waals surface area contributed by atoms with Gasteiger partial charge < -0.3 is 28.4 Å². The minimum atomic E-state index is -0.198. The summed E-state index contributed by atoms with van der Waals surface area (Å²) < 4.78 is 32.6. The summed E-state index contributed by atoms with van der Waals surface area (Å²) in [5.74, 6) is -0.121. The summed E-state index contributed by atoms with van der Waals surface area (Å²) in [5.41, 5.74) is 1.55. The standard InChI is InChI=1S/C30H56O6.C30H56O2.C27H54O2.C26H48O2/c1-6-8-10-12-14-19-28(32)35-24-26(25-36-29(33)20-15-13-11-9-7-2)18-16-21-27(31)34-23-17-22-30(3,4)5;1-5-6-7-8-9-10-11-12-13-14-15-16-17-20-23-26-29(31)32-28-25-22-19-18-21-24-27-30(2,3)4;1-6-8-10-16-20-25(21-17-11-9-7-2)24-26(28)29-23-19-15-13-12-14-18-22-27(3,4)5;1-5-6-7-8-9-10-11-12-13-14-15-16-17-18-19-22-25(27)28-24-21-20-23-26(2,3)4/h26H,6-25H2,1-5H3;9-10,12-13H,5-8,11,14-28H2,1-4H3;25H,6-24H2,1-5H3;9-10,12-13H,5-8,11,14-24H2,1-4H3/b;10-9-,13-12-;;10-9-,13-12-. The smallest absolute Gasteiger partial charge is 0.306 e. The fraction of sp³-hybridized carbons (Fsp3) is 0.876. The molecule has 0 aromatic carbocycles. The predicted molar refractivity (Wildman–Crippen MR) is 540 cm³/mol. The van der Waals surface area contributed by atoms with Gasteiger partial charge in [0.2, 0.25) is 0 Å². The van der Waals surface area contributed by atoms with Crippen molar-refractivity contribution < 1.29 is 57.2 Å². The van der Waals surface area contributed by atoms with E-state index in [1.807, 2.05) is 0 Å². The van der Waals surface area contributed by atoms with Crippen LogP contribution in [0, 0.1) is 33.5 Å². The van der Waals surface area contributed by atoms with Crippen molar-refractivity contribution in [3.8, 4) is 0 Å². The van der Waals surface area contributed by atoms with Crippen molar-refractivity contribution in [1.82, 2.24) is 0 Å². The fourth-order valence-corrected chi connectivity index (χ4v) is 14.8. The number of ether oxygens (including phenoxy) is 6. The second-order valence-corrected chi connectivity index (χ2v) is 41.6. The van der Waals surface area contributed by atoms with E-state index in [4.69, 9.17) is 28.4 Å². The predicted octanol–water partition coefficient (Wildman–Crippen LogP) is 35.9. The van der Waals surface area contributed by atoms with Gasteiger partial charge in [0.1, 0.15) is 0 Å². The lowest BCUT2D eigenvalue weighted by Gasteiger charge is -2.18. The molecule has 12 nitrogen and oxygen atoms in total. The quantitative estimate of drug-likeness (QED) is 0.0246. The Hall–Kier alpha value is -4.22. The number of hydrogen-bond acceptors (Lipinski definition) is 12. The first-order valence-corrected chi connectivity index (χ1v) is 53.5. The van der Waals surface area contributed by atoms with E-state index in [9.17, 15) is 28.8 Å². The van der Waals surface area contributed by atoms with Crippen LogP contribution in [0.5, 0.6) is 0 Å². The highest BCUT2D eigenvalue weighted by molar-refractivity contribution is 5.71. The van der Waals surface area contributed by atoms with Crippen LogP contribution < -0.4 is 0 Å².